The fourth-order valence-electron chi connectivity index (χ4n) is 0.933. The Kier molecular flexibility index (Phi) is 6.91. The van der Waals surface area contributed by atoms with Crippen LogP contribution in [-0.2, 0) is 11.3 Å². The van der Waals surface area contributed by atoms with Crippen molar-refractivity contribution in [2.24, 2.45) is 5.73 Å². The third-order valence-corrected chi connectivity index (χ3v) is 1.67. The van der Waals surface area contributed by atoms with Crippen LogP contribution in [0.25, 0.3) is 0 Å². The number of halogens is 1. The molecular formula is C10H14ClN3O2. The summed E-state index contributed by atoms with van der Waals surface area (Å²) in [5.41, 5.74) is 6.03. The van der Waals surface area contributed by atoms with E-state index in [1.54, 1.807) is 0 Å². The van der Waals surface area contributed by atoms with Gasteiger partial charge in [-0.15, -0.1) is 12.4 Å². The zero-order chi connectivity index (χ0) is 11.1. The Morgan fingerprint density at radius 1 is 1.38 bits per heavy atom. The maximum Gasteiger partial charge on any atom is 0.412 e. The average Bonchev–Trinajstić information content (AvgIpc) is 2.27. The van der Waals surface area contributed by atoms with Crippen molar-refractivity contribution in [2.45, 2.75) is 6.61 Å². The van der Waals surface area contributed by atoms with Gasteiger partial charge in [-0.2, -0.15) is 0 Å². The molecule has 1 aromatic rings. The highest BCUT2D eigenvalue weighted by atomic mass is 35.5. The molecule has 0 spiro atoms. The van der Waals surface area contributed by atoms with E-state index in [1.165, 1.54) is 0 Å². The lowest BCUT2D eigenvalue weighted by Gasteiger charge is -2.06. The number of amidine groups is 1. The third-order valence-electron chi connectivity index (χ3n) is 1.67. The fraction of sp³-hybridized carbons (Fsp3) is 0.200. The number of hydrogen-bond donors (Lipinski definition) is 3. The molecule has 0 aliphatic carbocycles. The molecule has 88 valence electrons. The van der Waals surface area contributed by atoms with E-state index in [4.69, 9.17) is 15.9 Å². The Morgan fingerprint density at radius 2 is 2.00 bits per heavy atom. The van der Waals surface area contributed by atoms with Gasteiger partial charge in [-0.25, -0.2) is 4.79 Å². The lowest BCUT2D eigenvalue weighted by atomic mass is 10.2. The fourth-order valence-corrected chi connectivity index (χ4v) is 0.933. The SMILES string of the molecule is Cl.N=C(CN)NC(=O)OCc1ccccc1. The van der Waals surface area contributed by atoms with E-state index in [1.807, 2.05) is 30.3 Å². The highest BCUT2D eigenvalue weighted by Gasteiger charge is 2.03. The van der Waals surface area contributed by atoms with Crippen LogP contribution < -0.4 is 11.1 Å². The van der Waals surface area contributed by atoms with Crippen molar-refractivity contribution >= 4 is 24.3 Å². The Balaban J connectivity index is 0.00000225. The van der Waals surface area contributed by atoms with Gasteiger partial charge in [-0.3, -0.25) is 10.7 Å². The molecule has 0 radical (unpaired) electrons. The van der Waals surface area contributed by atoms with E-state index in [0.717, 1.165) is 5.56 Å². The maximum atomic E-state index is 11.1. The van der Waals surface area contributed by atoms with Crippen LogP contribution in [0.15, 0.2) is 30.3 Å². The number of nitrogens with one attached hydrogen (secondary N) is 2. The van der Waals surface area contributed by atoms with Crippen molar-refractivity contribution in [2.75, 3.05) is 6.54 Å². The van der Waals surface area contributed by atoms with Crippen molar-refractivity contribution in [1.82, 2.24) is 5.32 Å². The third kappa shape index (κ3) is 5.33. The Hall–Kier alpha value is -1.59. The summed E-state index contributed by atoms with van der Waals surface area (Å²) in [6, 6.07) is 9.30. The molecule has 0 atom stereocenters. The van der Waals surface area contributed by atoms with Crippen LogP contribution in [0.4, 0.5) is 4.79 Å². The lowest BCUT2D eigenvalue weighted by molar-refractivity contribution is 0.145. The second kappa shape index (κ2) is 7.67. The Bertz CT molecular complexity index is 343. The van der Waals surface area contributed by atoms with E-state index < -0.39 is 6.09 Å². The van der Waals surface area contributed by atoms with Gasteiger partial charge in [-0.05, 0) is 5.56 Å². The molecule has 16 heavy (non-hydrogen) atoms. The second-order valence-electron chi connectivity index (χ2n) is 2.87. The van der Waals surface area contributed by atoms with E-state index in [-0.39, 0.29) is 31.4 Å². The van der Waals surface area contributed by atoms with Crippen LogP contribution >= 0.6 is 12.4 Å². The summed E-state index contributed by atoms with van der Waals surface area (Å²) in [5.74, 6) is -0.0620. The Labute approximate surface area is 99.9 Å². The van der Waals surface area contributed by atoms with Crippen LogP contribution in [0.3, 0.4) is 0 Å². The summed E-state index contributed by atoms with van der Waals surface area (Å²) < 4.78 is 4.85. The van der Waals surface area contributed by atoms with Gasteiger partial charge >= 0.3 is 6.09 Å². The molecule has 0 saturated heterocycles. The number of amides is 1. The molecule has 0 aliphatic heterocycles. The first-order valence-corrected chi connectivity index (χ1v) is 4.47. The first-order valence-electron chi connectivity index (χ1n) is 4.47. The van der Waals surface area contributed by atoms with E-state index in [9.17, 15) is 4.79 Å². The summed E-state index contributed by atoms with van der Waals surface area (Å²) in [5, 5.41) is 9.31. The number of nitrogens with two attached hydrogens (primary N) is 1. The molecule has 1 rings (SSSR count). The van der Waals surface area contributed by atoms with Gasteiger partial charge in [0.15, 0.2) is 0 Å². The molecule has 0 saturated carbocycles. The molecule has 6 heteroatoms. The summed E-state index contributed by atoms with van der Waals surface area (Å²) in [6.45, 7) is 0.172. The van der Waals surface area contributed by atoms with Gasteiger partial charge in [0.1, 0.15) is 12.4 Å². The number of carbonyl (C=O) groups excluding carboxylic acids is 1. The van der Waals surface area contributed by atoms with Crippen molar-refractivity contribution < 1.29 is 9.53 Å². The highest BCUT2D eigenvalue weighted by molar-refractivity contribution is 5.94. The van der Waals surface area contributed by atoms with Gasteiger partial charge in [0, 0.05) is 0 Å². The van der Waals surface area contributed by atoms with Crippen molar-refractivity contribution in [1.29, 1.82) is 5.41 Å². The maximum absolute atomic E-state index is 11.1. The molecule has 5 nitrogen and oxygen atoms in total. The largest absolute Gasteiger partial charge is 0.444 e. The van der Waals surface area contributed by atoms with Crippen LogP contribution in [0.5, 0.6) is 0 Å². The Morgan fingerprint density at radius 3 is 2.56 bits per heavy atom. The number of hydrogen-bond acceptors (Lipinski definition) is 4. The van der Waals surface area contributed by atoms with Crippen molar-refractivity contribution in [3.63, 3.8) is 0 Å². The van der Waals surface area contributed by atoms with Crippen LogP contribution in [0.1, 0.15) is 5.56 Å². The minimum absolute atomic E-state index is 0. The molecule has 0 heterocycles. The molecule has 4 N–H and O–H groups in total. The first-order chi connectivity index (χ1) is 7.22. The lowest BCUT2D eigenvalue weighted by Crippen LogP contribution is -2.35. The van der Waals surface area contributed by atoms with Crippen LogP contribution in [-0.4, -0.2) is 18.5 Å². The summed E-state index contributed by atoms with van der Waals surface area (Å²) in [7, 11) is 0. The number of ether oxygens (including phenoxy) is 1. The summed E-state index contributed by atoms with van der Waals surface area (Å²) in [6.07, 6.45) is -0.658. The van der Waals surface area contributed by atoms with Crippen LogP contribution in [0.2, 0.25) is 0 Å². The molecule has 0 aliphatic rings. The topological polar surface area (TPSA) is 88.2 Å². The van der Waals surface area contributed by atoms with Gasteiger partial charge in [-0.1, -0.05) is 30.3 Å². The summed E-state index contributed by atoms with van der Waals surface area (Å²) in [4.78, 5) is 11.1. The minimum atomic E-state index is -0.658. The minimum Gasteiger partial charge on any atom is -0.444 e. The van der Waals surface area contributed by atoms with E-state index in [0.29, 0.717) is 0 Å². The van der Waals surface area contributed by atoms with Crippen LogP contribution in [0, 0.1) is 5.41 Å². The second-order valence-corrected chi connectivity index (χ2v) is 2.87. The molecule has 1 aromatic carbocycles. The zero-order valence-electron chi connectivity index (χ0n) is 8.60. The number of benzene rings is 1. The first kappa shape index (κ1) is 14.4. The number of alkyl carbamates (subject to hydrolysis) is 1. The average molecular weight is 244 g/mol. The predicted octanol–water partition coefficient (Wildman–Crippen LogP) is 1.27. The highest BCUT2D eigenvalue weighted by Crippen LogP contribution is 2.00. The van der Waals surface area contributed by atoms with E-state index in [2.05, 4.69) is 5.32 Å². The smallest absolute Gasteiger partial charge is 0.412 e. The number of rotatable bonds is 3. The van der Waals surface area contributed by atoms with Gasteiger partial charge in [0.25, 0.3) is 0 Å². The molecular weight excluding hydrogens is 230 g/mol. The molecule has 0 unspecified atom stereocenters. The predicted molar refractivity (Wildman–Crippen MR) is 63.8 cm³/mol. The van der Waals surface area contributed by atoms with Gasteiger partial charge < -0.3 is 10.5 Å². The monoisotopic (exact) mass is 243 g/mol. The normalized spacial score (nSPS) is 8.81. The standard InChI is InChI=1S/C10H13N3O2.ClH/c11-6-9(12)13-10(14)15-7-8-4-2-1-3-5-8;/h1-5H,6-7,11H2,(H2,12,13,14);1H. The zero-order valence-corrected chi connectivity index (χ0v) is 9.42. The molecule has 0 fully saturated rings. The van der Waals surface area contributed by atoms with E-state index >= 15 is 0 Å². The number of carbonyl (C=O) groups is 1. The molecule has 0 aromatic heterocycles. The van der Waals surface area contributed by atoms with Gasteiger partial charge in [0.2, 0.25) is 0 Å². The quantitative estimate of drug-likeness (QED) is 0.552. The van der Waals surface area contributed by atoms with Crippen molar-refractivity contribution in [3.8, 4) is 0 Å². The van der Waals surface area contributed by atoms with Crippen molar-refractivity contribution in [3.05, 3.63) is 35.9 Å². The molecule has 0 bridgehead atoms. The molecule has 1 amide bonds. The summed E-state index contributed by atoms with van der Waals surface area (Å²) >= 11 is 0. The van der Waals surface area contributed by atoms with Gasteiger partial charge in [0.05, 0.1) is 6.54 Å².